The molecule has 0 radical (unpaired) electrons. The van der Waals surface area contributed by atoms with E-state index in [1.165, 1.54) is 18.2 Å². The van der Waals surface area contributed by atoms with Gasteiger partial charge in [0.05, 0.1) is 22.5 Å². The molecule has 0 unspecified atom stereocenters. The molecular formula is C12H16N2O4S. The molecule has 1 aromatic heterocycles. The highest BCUT2D eigenvalue weighted by atomic mass is 32.2. The predicted octanol–water partition coefficient (Wildman–Crippen LogP) is 1.75. The van der Waals surface area contributed by atoms with Crippen LogP contribution >= 0.6 is 0 Å². The number of hydrogen-bond donors (Lipinski definition) is 2. The van der Waals surface area contributed by atoms with E-state index in [0.717, 1.165) is 12.8 Å². The molecule has 1 aromatic carbocycles. The zero-order chi connectivity index (χ0) is 13.9. The average molecular weight is 284 g/mol. The molecule has 2 aromatic rings. The van der Waals surface area contributed by atoms with Crippen molar-refractivity contribution in [1.82, 2.24) is 9.97 Å². The number of nitrogens with one attached hydrogen (secondary N) is 2. The van der Waals surface area contributed by atoms with E-state index in [1.54, 1.807) is 0 Å². The molecule has 0 atom stereocenters. The lowest BCUT2D eigenvalue weighted by molar-refractivity contribution is 0.308. The van der Waals surface area contributed by atoms with Crippen molar-refractivity contribution in [3.8, 4) is 0 Å². The van der Waals surface area contributed by atoms with E-state index in [0.29, 0.717) is 17.5 Å². The molecule has 0 saturated heterocycles. The molecule has 0 amide bonds. The molecular weight excluding hydrogens is 268 g/mol. The highest BCUT2D eigenvalue weighted by Gasteiger charge is 2.15. The van der Waals surface area contributed by atoms with Gasteiger partial charge in [-0.05, 0) is 24.6 Å². The van der Waals surface area contributed by atoms with Crippen LogP contribution in [0.5, 0.6) is 0 Å². The van der Waals surface area contributed by atoms with Gasteiger partial charge >= 0.3 is 5.69 Å². The average Bonchev–Trinajstić information content (AvgIpc) is 2.73. The van der Waals surface area contributed by atoms with Gasteiger partial charge in [-0.25, -0.2) is 4.79 Å². The van der Waals surface area contributed by atoms with E-state index in [1.807, 2.05) is 6.92 Å². The maximum absolute atomic E-state index is 11.9. The van der Waals surface area contributed by atoms with Gasteiger partial charge in [0.2, 0.25) is 0 Å². The molecule has 19 heavy (non-hydrogen) atoms. The molecule has 7 heteroatoms. The second-order valence-electron chi connectivity index (χ2n) is 4.27. The van der Waals surface area contributed by atoms with Gasteiger partial charge in [0.1, 0.15) is 0 Å². The van der Waals surface area contributed by atoms with Crippen molar-refractivity contribution < 1.29 is 12.6 Å². The van der Waals surface area contributed by atoms with Gasteiger partial charge in [0.25, 0.3) is 10.1 Å². The summed E-state index contributed by atoms with van der Waals surface area (Å²) in [4.78, 5) is 16.2. The summed E-state index contributed by atoms with van der Waals surface area (Å²) in [5, 5.41) is 0. The van der Waals surface area contributed by atoms with Crippen LogP contribution in [0.3, 0.4) is 0 Å². The molecule has 104 valence electrons. The number of aromatic nitrogens is 2. The monoisotopic (exact) mass is 284 g/mol. The minimum absolute atomic E-state index is 0.0479. The van der Waals surface area contributed by atoms with Gasteiger partial charge in [0.15, 0.2) is 0 Å². The Hall–Kier alpha value is -1.60. The first-order valence-electron chi connectivity index (χ1n) is 6.14. The maximum atomic E-state index is 11.9. The quantitative estimate of drug-likeness (QED) is 0.624. The molecule has 0 aliphatic rings. The van der Waals surface area contributed by atoms with Crippen LogP contribution in [-0.4, -0.2) is 25.0 Å². The number of aromatic amines is 2. The summed E-state index contributed by atoms with van der Waals surface area (Å²) < 4.78 is 28.8. The zero-order valence-corrected chi connectivity index (χ0v) is 11.4. The first-order chi connectivity index (χ1) is 9.03. The lowest BCUT2D eigenvalue weighted by atomic mass is 10.3. The normalized spacial score (nSPS) is 12.1. The van der Waals surface area contributed by atoms with Crippen molar-refractivity contribution in [1.29, 1.82) is 0 Å². The van der Waals surface area contributed by atoms with Crippen molar-refractivity contribution in [3.05, 3.63) is 28.7 Å². The third-order valence-corrected chi connectivity index (χ3v) is 4.07. The molecule has 0 aliphatic heterocycles. The first kappa shape index (κ1) is 13.8. The van der Waals surface area contributed by atoms with E-state index < -0.39 is 10.1 Å². The Labute approximate surface area is 110 Å². The fraction of sp³-hybridized carbons (Fsp3) is 0.417. The lowest BCUT2D eigenvalue weighted by Gasteiger charge is -2.05. The third-order valence-electron chi connectivity index (χ3n) is 2.76. The SMILES string of the molecule is CCCCCOS(=O)(=O)c1ccc2[nH]c(=O)[nH]c2c1. The number of benzene rings is 1. The Kier molecular flexibility index (Phi) is 4.06. The third kappa shape index (κ3) is 3.24. The Balaban J connectivity index is 2.20. The molecule has 1 heterocycles. The van der Waals surface area contributed by atoms with Crippen molar-refractivity contribution in [2.24, 2.45) is 0 Å². The fourth-order valence-electron chi connectivity index (χ4n) is 1.76. The van der Waals surface area contributed by atoms with Crippen LogP contribution in [0.15, 0.2) is 27.9 Å². The number of fused-ring (bicyclic) bond motifs is 1. The number of imidazole rings is 1. The van der Waals surface area contributed by atoms with Crippen molar-refractivity contribution >= 4 is 21.2 Å². The van der Waals surface area contributed by atoms with Gasteiger partial charge in [-0.15, -0.1) is 0 Å². The van der Waals surface area contributed by atoms with Crippen molar-refractivity contribution in [2.45, 2.75) is 31.1 Å². The van der Waals surface area contributed by atoms with Crippen LogP contribution in [0.4, 0.5) is 0 Å². The molecule has 2 N–H and O–H groups in total. The maximum Gasteiger partial charge on any atom is 0.323 e. The van der Waals surface area contributed by atoms with Crippen LogP contribution in [0.2, 0.25) is 0 Å². The van der Waals surface area contributed by atoms with Crippen molar-refractivity contribution in [3.63, 3.8) is 0 Å². The number of H-pyrrole nitrogens is 2. The fourth-order valence-corrected chi connectivity index (χ4v) is 2.73. The van der Waals surface area contributed by atoms with Gasteiger partial charge in [-0.1, -0.05) is 19.8 Å². The Bertz CT molecular complexity index is 715. The lowest BCUT2D eigenvalue weighted by Crippen LogP contribution is -2.07. The molecule has 0 aliphatic carbocycles. The number of rotatable bonds is 6. The highest BCUT2D eigenvalue weighted by molar-refractivity contribution is 7.86. The molecule has 0 saturated carbocycles. The zero-order valence-electron chi connectivity index (χ0n) is 10.6. The van der Waals surface area contributed by atoms with Crippen molar-refractivity contribution in [2.75, 3.05) is 6.61 Å². The van der Waals surface area contributed by atoms with Gasteiger partial charge in [-0.2, -0.15) is 8.42 Å². The summed E-state index contributed by atoms with van der Waals surface area (Å²) in [5.74, 6) is 0. The Morgan fingerprint density at radius 3 is 2.63 bits per heavy atom. The minimum atomic E-state index is -3.76. The van der Waals surface area contributed by atoms with E-state index in [-0.39, 0.29) is 17.2 Å². The molecule has 2 rings (SSSR count). The Morgan fingerprint density at radius 2 is 1.89 bits per heavy atom. The number of unbranched alkanes of at least 4 members (excludes halogenated alkanes) is 2. The summed E-state index contributed by atoms with van der Waals surface area (Å²) in [7, 11) is -3.76. The summed E-state index contributed by atoms with van der Waals surface area (Å²) in [6.07, 6.45) is 2.64. The smallest absolute Gasteiger partial charge is 0.306 e. The van der Waals surface area contributed by atoms with Gasteiger partial charge < -0.3 is 9.97 Å². The summed E-state index contributed by atoms with van der Waals surface area (Å²) in [6, 6.07) is 4.35. The van der Waals surface area contributed by atoms with Gasteiger partial charge in [0, 0.05) is 0 Å². The van der Waals surface area contributed by atoms with Crippen LogP contribution in [0, 0.1) is 0 Å². The minimum Gasteiger partial charge on any atom is -0.306 e. The van der Waals surface area contributed by atoms with Crippen LogP contribution < -0.4 is 5.69 Å². The van der Waals surface area contributed by atoms with Crippen LogP contribution in [0.1, 0.15) is 26.2 Å². The molecule has 0 bridgehead atoms. The topological polar surface area (TPSA) is 92.0 Å². The number of hydrogen-bond acceptors (Lipinski definition) is 4. The predicted molar refractivity (Wildman–Crippen MR) is 71.6 cm³/mol. The van der Waals surface area contributed by atoms with E-state index in [2.05, 4.69) is 9.97 Å². The first-order valence-corrected chi connectivity index (χ1v) is 7.55. The molecule has 0 spiro atoms. The van der Waals surface area contributed by atoms with Crippen LogP contribution in [-0.2, 0) is 14.3 Å². The van der Waals surface area contributed by atoms with Gasteiger partial charge in [-0.3, -0.25) is 4.18 Å². The molecule has 0 fully saturated rings. The second-order valence-corrected chi connectivity index (χ2v) is 5.89. The van der Waals surface area contributed by atoms with Crippen LogP contribution in [0.25, 0.3) is 11.0 Å². The summed E-state index contributed by atoms with van der Waals surface area (Å²) in [5.41, 5.74) is 0.645. The second kappa shape index (κ2) is 5.58. The van der Waals surface area contributed by atoms with E-state index >= 15 is 0 Å². The van der Waals surface area contributed by atoms with E-state index in [4.69, 9.17) is 4.18 Å². The van der Waals surface area contributed by atoms with E-state index in [9.17, 15) is 13.2 Å². The highest BCUT2D eigenvalue weighted by Crippen LogP contribution is 2.17. The summed E-state index contributed by atoms with van der Waals surface area (Å²) in [6.45, 7) is 2.21. The standard InChI is InChI=1S/C12H16N2O4S/c1-2-3-4-7-18-19(16,17)9-5-6-10-11(8-9)14-12(15)13-10/h5-6,8H,2-4,7H2,1H3,(H2,13,14,15). The summed E-state index contributed by atoms with van der Waals surface area (Å²) >= 11 is 0. The Morgan fingerprint density at radius 1 is 1.16 bits per heavy atom. The molecule has 6 nitrogen and oxygen atoms in total. The largest absolute Gasteiger partial charge is 0.323 e.